The van der Waals surface area contributed by atoms with E-state index in [1.165, 1.54) is 16.7 Å². The Morgan fingerprint density at radius 1 is 0.958 bits per heavy atom. The van der Waals surface area contributed by atoms with Gasteiger partial charge in [-0.2, -0.15) is 0 Å². The zero-order valence-electron chi connectivity index (χ0n) is 12.7. The molecule has 1 aliphatic heterocycles. The summed E-state index contributed by atoms with van der Waals surface area (Å²) < 4.78 is 5.39. The van der Waals surface area contributed by atoms with Gasteiger partial charge >= 0.3 is 0 Å². The summed E-state index contributed by atoms with van der Waals surface area (Å²) in [4.78, 5) is 0. The van der Waals surface area contributed by atoms with E-state index in [2.05, 4.69) is 90.0 Å². The minimum Gasteiger partial charge on any atom is -0.340 e. The van der Waals surface area contributed by atoms with Gasteiger partial charge in [0.15, 0.2) is 5.82 Å². The Morgan fingerprint density at radius 3 is 2.71 bits per heavy atom. The van der Waals surface area contributed by atoms with Crippen LogP contribution in [0.1, 0.15) is 5.56 Å². The van der Waals surface area contributed by atoms with Crippen LogP contribution < -0.4 is 0 Å². The number of hydrogen-bond acceptors (Lipinski definition) is 2. The highest BCUT2D eigenvalue weighted by molar-refractivity contribution is 9.10. The third kappa shape index (κ3) is 2.05. The quantitative estimate of drug-likeness (QED) is 0.430. The van der Waals surface area contributed by atoms with E-state index in [4.69, 9.17) is 0 Å². The van der Waals surface area contributed by atoms with Gasteiger partial charge in [0.25, 0.3) is 0 Å². The number of rotatable bonds is 1. The molecule has 4 aromatic rings. The summed E-state index contributed by atoms with van der Waals surface area (Å²) in [5.74, 6) is 0.873. The first-order chi connectivity index (χ1) is 11.8. The molecule has 0 bridgehead atoms. The molecule has 0 unspecified atom stereocenters. The van der Waals surface area contributed by atoms with Gasteiger partial charge in [-0.05, 0) is 35.4 Å². The molecule has 4 nitrogen and oxygen atoms in total. The van der Waals surface area contributed by atoms with E-state index in [1.807, 2.05) is 6.07 Å². The molecule has 5 rings (SSSR count). The largest absolute Gasteiger partial charge is 0.340 e. The highest BCUT2D eigenvalue weighted by atomic mass is 79.9. The van der Waals surface area contributed by atoms with Crippen molar-refractivity contribution in [3.8, 4) is 28.3 Å². The summed E-state index contributed by atoms with van der Waals surface area (Å²) in [5, 5.41) is 8.50. The van der Waals surface area contributed by atoms with Gasteiger partial charge in [-0.25, -0.2) is 0 Å². The molecule has 1 aliphatic rings. The lowest BCUT2D eigenvalue weighted by Crippen LogP contribution is -1.99. The van der Waals surface area contributed by atoms with E-state index in [0.29, 0.717) is 0 Å². The highest BCUT2D eigenvalue weighted by Crippen LogP contribution is 2.34. The Balaban J connectivity index is 1.75. The fourth-order valence-electron chi connectivity index (χ4n) is 3.30. The number of fused-ring (bicyclic) bond motifs is 5. The van der Waals surface area contributed by atoms with Crippen molar-refractivity contribution in [3.63, 3.8) is 0 Å². The van der Waals surface area contributed by atoms with Crippen LogP contribution in [0.15, 0.2) is 71.6 Å². The molecule has 116 valence electrons. The predicted molar refractivity (Wildman–Crippen MR) is 97.0 cm³/mol. The lowest BCUT2D eigenvalue weighted by atomic mass is 10.1. The number of hydrogen-bond donors (Lipinski definition) is 0. The summed E-state index contributed by atoms with van der Waals surface area (Å²) in [5.41, 5.74) is 5.85. The molecular weight excluding hydrogens is 364 g/mol. The highest BCUT2D eigenvalue weighted by Gasteiger charge is 2.21. The van der Waals surface area contributed by atoms with Crippen molar-refractivity contribution in [3.05, 3.63) is 77.2 Å². The molecular formula is C19H13BrN4. The molecule has 0 N–H and O–H groups in total. The van der Waals surface area contributed by atoms with E-state index < -0.39 is 0 Å². The average Bonchev–Trinajstić information content (AvgIpc) is 3.21. The zero-order valence-corrected chi connectivity index (χ0v) is 14.3. The van der Waals surface area contributed by atoms with E-state index in [0.717, 1.165) is 28.2 Å². The summed E-state index contributed by atoms with van der Waals surface area (Å²) in [6.45, 7) is 0.806. The smallest absolute Gasteiger partial charge is 0.185 e. The summed E-state index contributed by atoms with van der Waals surface area (Å²) in [6, 6.07) is 18.9. The first kappa shape index (κ1) is 13.7. The summed E-state index contributed by atoms with van der Waals surface area (Å²) >= 11 is 3.58. The van der Waals surface area contributed by atoms with Gasteiger partial charge in [-0.1, -0.05) is 46.3 Å². The molecule has 2 aromatic heterocycles. The predicted octanol–water partition coefficient (Wildman–Crippen LogP) is 4.53. The third-order valence-electron chi connectivity index (χ3n) is 4.42. The molecule has 0 saturated heterocycles. The molecule has 0 atom stereocenters. The Labute approximate surface area is 147 Å². The van der Waals surface area contributed by atoms with Crippen LogP contribution in [-0.4, -0.2) is 19.3 Å². The van der Waals surface area contributed by atoms with Crippen molar-refractivity contribution in [1.29, 1.82) is 0 Å². The second-order valence-corrected chi connectivity index (χ2v) is 6.82. The molecule has 5 heteroatoms. The second-order valence-electron chi connectivity index (χ2n) is 5.91. The Morgan fingerprint density at radius 2 is 1.83 bits per heavy atom. The minimum atomic E-state index is 0.806. The van der Waals surface area contributed by atoms with Gasteiger partial charge in [0, 0.05) is 22.8 Å². The molecule has 0 fully saturated rings. The Bertz CT molecular complexity index is 1050. The number of aromatic nitrogens is 4. The van der Waals surface area contributed by atoms with Crippen molar-refractivity contribution in [2.45, 2.75) is 6.54 Å². The number of benzene rings is 2. The lowest BCUT2D eigenvalue weighted by molar-refractivity contribution is 0.816. The van der Waals surface area contributed by atoms with E-state index in [9.17, 15) is 0 Å². The van der Waals surface area contributed by atoms with Gasteiger partial charge in [0.05, 0.1) is 11.4 Å². The van der Waals surface area contributed by atoms with Crippen molar-refractivity contribution in [1.82, 2.24) is 19.3 Å². The minimum absolute atomic E-state index is 0.806. The SMILES string of the molecule is Brc1ccc2c(c1)Cn1cc(-c3ccccc3)cc1-c1nncn1-2. The van der Waals surface area contributed by atoms with Gasteiger partial charge in [-0.15, -0.1) is 10.2 Å². The van der Waals surface area contributed by atoms with Crippen molar-refractivity contribution in [2.24, 2.45) is 0 Å². The first-order valence-corrected chi connectivity index (χ1v) is 8.54. The van der Waals surface area contributed by atoms with Crippen molar-refractivity contribution >= 4 is 15.9 Å². The van der Waals surface area contributed by atoms with Gasteiger partial charge in [0.2, 0.25) is 0 Å². The number of halogens is 1. The van der Waals surface area contributed by atoms with Gasteiger partial charge < -0.3 is 4.57 Å². The van der Waals surface area contributed by atoms with Gasteiger partial charge in [0.1, 0.15) is 6.33 Å². The van der Waals surface area contributed by atoms with Crippen molar-refractivity contribution in [2.75, 3.05) is 0 Å². The van der Waals surface area contributed by atoms with Crippen LogP contribution in [-0.2, 0) is 6.54 Å². The van der Waals surface area contributed by atoms with Crippen LogP contribution in [0.5, 0.6) is 0 Å². The summed E-state index contributed by atoms with van der Waals surface area (Å²) in [6.07, 6.45) is 3.98. The first-order valence-electron chi connectivity index (χ1n) is 7.74. The maximum atomic E-state index is 4.37. The normalized spacial score (nSPS) is 12.2. The van der Waals surface area contributed by atoms with Crippen LogP contribution in [0.3, 0.4) is 0 Å². The molecule has 2 aromatic carbocycles. The van der Waals surface area contributed by atoms with Crippen LogP contribution in [0.25, 0.3) is 28.3 Å². The number of nitrogens with zero attached hydrogens (tertiary/aromatic N) is 4. The molecule has 24 heavy (non-hydrogen) atoms. The fraction of sp³-hybridized carbons (Fsp3) is 0.0526. The van der Waals surface area contributed by atoms with Crippen LogP contribution in [0.4, 0.5) is 0 Å². The second kappa shape index (κ2) is 5.18. The maximum Gasteiger partial charge on any atom is 0.185 e. The zero-order chi connectivity index (χ0) is 16.1. The van der Waals surface area contributed by atoms with Crippen LogP contribution in [0.2, 0.25) is 0 Å². The summed E-state index contributed by atoms with van der Waals surface area (Å²) in [7, 11) is 0. The molecule has 0 spiro atoms. The van der Waals surface area contributed by atoms with Crippen LogP contribution >= 0.6 is 15.9 Å². The molecule has 0 aliphatic carbocycles. The van der Waals surface area contributed by atoms with Crippen LogP contribution in [0, 0.1) is 0 Å². The third-order valence-corrected chi connectivity index (χ3v) is 4.92. The van der Waals surface area contributed by atoms with Crippen molar-refractivity contribution < 1.29 is 0 Å². The molecule has 0 radical (unpaired) electrons. The van der Waals surface area contributed by atoms with E-state index >= 15 is 0 Å². The maximum absolute atomic E-state index is 4.37. The monoisotopic (exact) mass is 376 g/mol. The average molecular weight is 377 g/mol. The Kier molecular flexibility index (Phi) is 2.97. The molecule has 3 heterocycles. The van der Waals surface area contributed by atoms with E-state index in [1.54, 1.807) is 6.33 Å². The van der Waals surface area contributed by atoms with E-state index in [-0.39, 0.29) is 0 Å². The lowest BCUT2D eigenvalue weighted by Gasteiger charge is -2.09. The Hall–Kier alpha value is -2.66. The topological polar surface area (TPSA) is 35.6 Å². The van der Waals surface area contributed by atoms with Gasteiger partial charge in [-0.3, -0.25) is 4.57 Å². The molecule has 0 saturated carbocycles. The molecule has 0 amide bonds. The standard InChI is InChI=1S/C19H13BrN4/c20-16-6-7-17-15(8-16)11-23-10-14(13-4-2-1-3-5-13)9-18(23)19-22-21-12-24(17)19/h1-10,12H,11H2. The fourth-order valence-corrected chi connectivity index (χ4v) is 3.71.